The monoisotopic (exact) mass is 242 g/mol. The lowest BCUT2D eigenvalue weighted by Crippen LogP contribution is -2.38. The molecule has 1 aromatic carbocycles. The van der Waals surface area contributed by atoms with E-state index in [1.54, 1.807) is 0 Å². The molecule has 0 amide bonds. The molecule has 1 aliphatic carbocycles. The molecule has 18 heavy (non-hydrogen) atoms. The fourth-order valence-electron chi connectivity index (χ4n) is 2.75. The van der Waals surface area contributed by atoms with Crippen LogP contribution in [0.5, 0.6) is 0 Å². The van der Waals surface area contributed by atoms with Gasteiger partial charge < -0.3 is 11.5 Å². The van der Waals surface area contributed by atoms with E-state index in [-0.39, 0.29) is 12.1 Å². The Morgan fingerprint density at radius 1 is 1.33 bits per heavy atom. The van der Waals surface area contributed by atoms with Crippen LogP contribution in [0.15, 0.2) is 30.6 Å². The van der Waals surface area contributed by atoms with E-state index < -0.39 is 0 Å². The van der Waals surface area contributed by atoms with Crippen molar-refractivity contribution < 1.29 is 0 Å². The first-order valence-electron chi connectivity index (χ1n) is 6.29. The van der Waals surface area contributed by atoms with E-state index in [9.17, 15) is 0 Å². The van der Waals surface area contributed by atoms with Crippen LogP contribution in [0.25, 0.3) is 11.1 Å². The highest BCUT2D eigenvalue weighted by Gasteiger charge is 2.26. The second kappa shape index (κ2) is 4.23. The Bertz CT molecular complexity index is 573. The maximum Gasteiger partial charge on any atom is 0.0568 e. The first-order chi connectivity index (χ1) is 8.66. The van der Waals surface area contributed by atoms with Crippen LogP contribution in [0.2, 0.25) is 0 Å². The van der Waals surface area contributed by atoms with Crippen molar-refractivity contribution in [3.8, 4) is 11.1 Å². The molecule has 1 unspecified atom stereocenters. The van der Waals surface area contributed by atoms with Gasteiger partial charge in [-0.1, -0.05) is 18.2 Å². The number of benzene rings is 1. The van der Waals surface area contributed by atoms with E-state index in [1.165, 1.54) is 16.7 Å². The minimum Gasteiger partial charge on any atom is -0.326 e. The minimum atomic E-state index is -0.0786. The van der Waals surface area contributed by atoms with Crippen molar-refractivity contribution in [2.45, 2.75) is 24.9 Å². The van der Waals surface area contributed by atoms with Gasteiger partial charge in [0.05, 0.1) is 6.20 Å². The summed E-state index contributed by atoms with van der Waals surface area (Å²) in [6.45, 7) is 0. The van der Waals surface area contributed by atoms with Crippen molar-refractivity contribution in [1.82, 2.24) is 9.78 Å². The van der Waals surface area contributed by atoms with Gasteiger partial charge in [-0.15, -0.1) is 0 Å². The molecule has 0 bridgehead atoms. The number of fused-ring (bicyclic) bond motifs is 1. The van der Waals surface area contributed by atoms with Gasteiger partial charge >= 0.3 is 0 Å². The number of nitrogens with zero attached hydrogens (tertiary/aromatic N) is 2. The fraction of sp³-hybridized carbons (Fsp3) is 0.357. The highest BCUT2D eigenvalue weighted by Crippen LogP contribution is 2.35. The zero-order chi connectivity index (χ0) is 12.7. The molecule has 1 aromatic heterocycles. The molecule has 0 radical (unpaired) electrons. The van der Waals surface area contributed by atoms with Crippen LogP contribution in [0.4, 0.5) is 0 Å². The van der Waals surface area contributed by atoms with Gasteiger partial charge in [0.2, 0.25) is 0 Å². The highest BCUT2D eigenvalue weighted by molar-refractivity contribution is 5.69. The maximum absolute atomic E-state index is 6.28. The first-order valence-corrected chi connectivity index (χ1v) is 6.29. The molecule has 4 nitrogen and oxygen atoms in total. The zero-order valence-electron chi connectivity index (χ0n) is 10.5. The second-order valence-electron chi connectivity index (χ2n) is 5.01. The van der Waals surface area contributed by atoms with Crippen LogP contribution < -0.4 is 11.5 Å². The topological polar surface area (TPSA) is 69.9 Å². The summed E-state index contributed by atoms with van der Waals surface area (Å²) in [5.41, 5.74) is 17.2. The average Bonchev–Trinajstić information content (AvgIpc) is 2.80. The predicted octanol–water partition coefficient (Wildman–Crippen LogP) is 1.36. The molecule has 0 aliphatic heterocycles. The van der Waals surface area contributed by atoms with Crippen molar-refractivity contribution >= 4 is 0 Å². The third kappa shape index (κ3) is 1.74. The summed E-state index contributed by atoms with van der Waals surface area (Å²) >= 11 is 0. The quantitative estimate of drug-likeness (QED) is 0.793. The number of aromatic nitrogens is 2. The normalized spacial score (nSPS) is 22.8. The number of hydrogen-bond donors (Lipinski definition) is 2. The molecule has 0 spiro atoms. The molecule has 94 valence electrons. The van der Waals surface area contributed by atoms with Crippen LogP contribution in [0.1, 0.15) is 23.6 Å². The Morgan fingerprint density at radius 2 is 2.17 bits per heavy atom. The van der Waals surface area contributed by atoms with Crippen LogP contribution in [0, 0.1) is 0 Å². The molecule has 0 saturated heterocycles. The number of nitrogens with two attached hydrogens (primary N) is 2. The van der Waals surface area contributed by atoms with Gasteiger partial charge in [0.25, 0.3) is 0 Å². The Kier molecular flexibility index (Phi) is 2.69. The number of aryl methyl sites for hydroxylation is 2. The van der Waals surface area contributed by atoms with E-state index in [0.29, 0.717) is 0 Å². The molecule has 2 atom stereocenters. The molecule has 0 saturated carbocycles. The summed E-state index contributed by atoms with van der Waals surface area (Å²) in [4.78, 5) is 0. The van der Waals surface area contributed by atoms with Crippen LogP contribution in [-0.4, -0.2) is 15.8 Å². The summed E-state index contributed by atoms with van der Waals surface area (Å²) in [6, 6.07) is 6.32. The Labute approximate surface area is 107 Å². The van der Waals surface area contributed by atoms with Gasteiger partial charge in [-0.2, -0.15) is 5.10 Å². The van der Waals surface area contributed by atoms with Crippen LogP contribution >= 0.6 is 0 Å². The van der Waals surface area contributed by atoms with Gasteiger partial charge in [0, 0.05) is 30.9 Å². The molecule has 4 heteroatoms. The summed E-state index contributed by atoms with van der Waals surface area (Å²) < 4.78 is 1.81. The molecule has 1 heterocycles. The summed E-state index contributed by atoms with van der Waals surface area (Å²) in [5.74, 6) is 0. The van der Waals surface area contributed by atoms with E-state index in [2.05, 4.69) is 23.3 Å². The number of hydrogen-bond acceptors (Lipinski definition) is 3. The average molecular weight is 242 g/mol. The standard InChI is InChI=1S/C14H18N4/c1-18-8-10(7-17-18)11-4-2-3-9-5-6-12(15)14(16)13(9)11/h2-4,7-8,12,14H,5-6,15-16H2,1H3/t12-,14?/m1/s1. The first kappa shape index (κ1) is 11.4. The third-order valence-electron chi connectivity index (χ3n) is 3.75. The SMILES string of the molecule is Cn1cc(-c2cccc3c2C(N)[C@H](N)CC3)cn1. The second-order valence-corrected chi connectivity index (χ2v) is 5.01. The molecule has 3 rings (SSSR count). The Hall–Kier alpha value is -1.65. The maximum atomic E-state index is 6.28. The van der Waals surface area contributed by atoms with Crippen molar-refractivity contribution in [2.24, 2.45) is 18.5 Å². The lowest BCUT2D eigenvalue weighted by atomic mass is 9.81. The van der Waals surface area contributed by atoms with Gasteiger partial charge in [-0.25, -0.2) is 0 Å². The molecule has 2 aromatic rings. The molecular formula is C14H18N4. The van der Waals surface area contributed by atoms with Crippen molar-refractivity contribution in [1.29, 1.82) is 0 Å². The lowest BCUT2D eigenvalue weighted by Gasteiger charge is -2.30. The molecule has 4 N–H and O–H groups in total. The van der Waals surface area contributed by atoms with E-state index >= 15 is 0 Å². The molecular weight excluding hydrogens is 224 g/mol. The fourth-order valence-corrected chi connectivity index (χ4v) is 2.75. The predicted molar refractivity (Wildman–Crippen MR) is 71.9 cm³/mol. The summed E-state index contributed by atoms with van der Waals surface area (Å²) in [5, 5.41) is 4.23. The van der Waals surface area contributed by atoms with E-state index in [0.717, 1.165) is 18.4 Å². The zero-order valence-corrected chi connectivity index (χ0v) is 10.5. The van der Waals surface area contributed by atoms with Gasteiger partial charge in [0.15, 0.2) is 0 Å². The highest BCUT2D eigenvalue weighted by atomic mass is 15.2. The summed E-state index contributed by atoms with van der Waals surface area (Å²) in [7, 11) is 1.92. The number of rotatable bonds is 1. The van der Waals surface area contributed by atoms with E-state index in [1.807, 2.05) is 24.1 Å². The van der Waals surface area contributed by atoms with Crippen molar-refractivity contribution in [2.75, 3.05) is 0 Å². The van der Waals surface area contributed by atoms with Gasteiger partial charge in [0.1, 0.15) is 0 Å². The lowest BCUT2D eigenvalue weighted by molar-refractivity contribution is 0.482. The van der Waals surface area contributed by atoms with Crippen LogP contribution in [-0.2, 0) is 13.5 Å². The Morgan fingerprint density at radius 3 is 2.89 bits per heavy atom. The van der Waals surface area contributed by atoms with Gasteiger partial charge in [-0.3, -0.25) is 4.68 Å². The van der Waals surface area contributed by atoms with E-state index in [4.69, 9.17) is 11.5 Å². The van der Waals surface area contributed by atoms with Crippen molar-refractivity contribution in [3.05, 3.63) is 41.7 Å². The Balaban J connectivity index is 2.16. The third-order valence-corrected chi connectivity index (χ3v) is 3.75. The summed E-state index contributed by atoms with van der Waals surface area (Å²) in [6.07, 6.45) is 5.87. The van der Waals surface area contributed by atoms with Crippen molar-refractivity contribution in [3.63, 3.8) is 0 Å². The molecule has 1 aliphatic rings. The largest absolute Gasteiger partial charge is 0.326 e. The molecule has 0 fully saturated rings. The van der Waals surface area contributed by atoms with Crippen LogP contribution in [0.3, 0.4) is 0 Å². The minimum absolute atomic E-state index is 0.0512. The van der Waals surface area contributed by atoms with Gasteiger partial charge in [-0.05, 0) is 29.5 Å². The smallest absolute Gasteiger partial charge is 0.0568 e.